The molecule has 1 aliphatic heterocycles. The minimum absolute atomic E-state index is 0.0797. The molecular weight excluding hydrogens is 306 g/mol. The molecule has 128 valence electrons. The molecule has 0 radical (unpaired) electrons. The van der Waals surface area contributed by atoms with E-state index in [1.807, 2.05) is 9.58 Å². The van der Waals surface area contributed by atoms with Gasteiger partial charge in [-0.2, -0.15) is 5.10 Å². The van der Waals surface area contributed by atoms with Gasteiger partial charge in [-0.25, -0.2) is 0 Å². The Bertz CT molecular complexity index is 703. The van der Waals surface area contributed by atoms with Gasteiger partial charge in [-0.1, -0.05) is 0 Å². The molecule has 6 heteroatoms. The van der Waals surface area contributed by atoms with E-state index in [9.17, 15) is 4.79 Å². The maximum absolute atomic E-state index is 12.6. The third-order valence-corrected chi connectivity index (χ3v) is 4.80. The Balaban J connectivity index is 1.52. The summed E-state index contributed by atoms with van der Waals surface area (Å²) in [7, 11) is 0. The predicted molar refractivity (Wildman–Crippen MR) is 87.6 cm³/mol. The van der Waals surface area contributed by atoms with Crippen molar-refractivity contribution >= 4 is 5.91 Å². The number of hydrogen-bond acceptors (Lipinski definition) is 4. The summed E-state index contributed by atoms with van der Waals surface area (Å²) in [5.41, 5.74) is 2.19. The van der Waals surface area contributed by atoms with Crippen LogP contribution in [0.2, 0.25) is 0 Å². The molecular formula is C18H23N3O3. The molecule has 2 aromatic rings. The van der Waals surface area contributed by atoms with Crippen molar-refractivity contribution in [1.29, 1.82) is 0 Å². The van der Waals surface area contributed by atoms with E-state index in [0.717, 1.165) is 24.8 Å². The van der Waals surface area contributed by atoms with Gasteiger partial charge in [-0.3, -0.25) is 9.48 Å². The molecule has 0 saturated heterocycles. The molecule has 1 aliphatic carbocycles. The van der Waals surface area contributed by atoms with E-state index in [1.54, 1.807) is 12.1 Å². The Kier molecular flexibility index (Phi) is 4.14. The fourth-order valence-corrected chi connectivity index (χ4v) is 3.23. The van der Waals surface area contributed by atoms with Crippen molar-refractivity contribution in [3.63, 3.8) is 0 Å². The minimum atomic E-state index is -0.0797. The Morgan fingerprint density at radius 3 is 3.00 bits per heavy atom. The number of carbonyl (C=O) groups excluding carboxylic acids is 1. The molecule has 0 N–H and O–H groups in total. The largest absolute Gasteiger partial charge is 0.459 e. The zero-order valence-corrected chi connectivity index (χ0v) is 14.0. The van der Waals surface area contributed by atoms with Gasteiger partial charge in [0.2, 0.25) is 0 Å². The number of aryl methyl sites for hydroxylation is 1. The molecule has 3 heterocycles. The number of rotatable bonds is 6. The molecule has 24 heavy (non-hydrogen) atoms. The zero-order valence-electron chi connectivity index (χ0n) is 14.0. The molecule has 0 aromatic carbocycles. The number of furan rings is 1. The van der Waals surface area contributed by atoms with E-state index in [2.05, 4.69) is 18.2 Å². The molecule has 1 amide bonds. The lowest BCUT2D eigenvalue weighted by Crippen LogP contribution is -2.39. The van der Waals surface area contributed by atoms with Crippen molar-refractivity contribution in [2.45, 2.75) is 38.8 Å². The molecule has 1 saturated carbocycles. The first kappa shape index (κ1) is 15.4. The van der Waals surface area contributed by atoms with E-state index >= 15 is 0 Å². The highest BCUT2D eigenvalue weighted by atomic mass is 16.5. The summed E-state index contributed by atoms with van der Waals surface area (Å²) in [5.74, 6) is 1.22. The quantitative estimate of drug-likeness (QED) is 0.817. The lowest BCUT2D eigenvalue weighted by molar-refractivity contribution is 0.0599. The highest BCUT2D eigenvalue weighted by molar-refractivity contribution is 5.91. The van der Waals surface area contributed by atoms with Crippen LogP contribution in [0.4, 0.5) is 0 Å². The average molecular weight is 329 g/mol. The first-order valence-corrected chi connectivity index (χ1v) is 8.71. The maximum Gasteiger partial charge on any atom is 0.289 e. The van der Waals surface area contributed by atoms with Crippen LogP contribution in [-0.2, 0) is 17.8 Å². The van der Waals surface area contributed by atoms with Crippen molar-refractivity contribution in [2.75, 3.05) is 19.8 Å². The van der Waals surface area contributed by atoms with Gasteiger partial charge in [0.15, 0.2) is 5.76 Å². The predicted octanol–water partition coefficient (Wildman–Crippen LogP) is 2.66. The Morgan fingerprint density at radius 2 is 2.29 bits per heavy atom. The molecule has 4 rings (SSSR count). The van der Waals surface area contributed by atoms with Gasteiger partial charge in [0.25, 0.3) is 5.91 Å². The summed E-state index contributed by atoms with van der Waals surface area (Å²) in [6.45, 7) is 5.55. The van der Waals surface area contributed by atoms with Crippen LogP contribution in [0.1, 0.15) is 47.5 Å². The number of amides is 1. The van der Waals surface area contributed by atoms with Crippen LogP contribution < -0.4 is 0 Å². The summed E-state index contributed by atoms with van der Waals surface area (Å²) in [6.07, 6.45) is 6.21. The second-order valence-electron chi connectivity index (χ2n) is 6.73. The van der Waals surface area contributed by atoms with Crippen LogP contribution in [0.15, 0.2) is 29.0 Å². The van der Waals surface area contributed by atoms with Crippen LogP contribution in [0.5, 0.6) is 0 Å². The molecule has 2 aromatic heterocycles. The summed E-state index contributed by atoms with van der Waals surface area (Å²) in [6, 6.07) is 3.45. The molecule has 2 aliphatic rings. The van der Waals surface area contributed by atoms with Crippen LogP contribution >= 0.6 is 0 Å². The van der Waals surface area contributed by atoms with Gasteiger partial charge in [0, 0.05) is 37.4 Å². The van der Waals surface area contributed by atoms with Crippen molar-refractivity contribution < 1.29 is 13.9 Å². The van der Waals surface area contributed by atoms with Gasteiger partial charge < -0.3 is 14.1 Å². The Morgan fingerprint density at radius 1 is 1.42 bits per heavy atom. The van der Waals surface area contributed by atoms with Crippen LogP contribution in [0, 0.1) is 5.92 Å². The third-order valence-electron chi connectivity index (χ3n) is 4.80. The number of nitrogens with zero attached hydrogens (tertiary/aromatic N) is 3. The SMILES string of the molecule is CCn1cc2c(n1)CN(C(=O)c1ccco1)C[C@H]2COCC1CC1. The molecule has 0 spiro atoms. The number of ether oxygens (including phenoxy) is 1. The summed E-state index contributed by atoms with van der Waals surface area (Å²) in [5, 5.41) is 4.63. The van der Waals surface area contributed by atoms with E-state index in [1.165, 1.54) is 24.7 Å². The van der Waals surface area contributed by atoms with Gasteiger partial charge in [0.1, 0.15) is 0 Å². The monoisotopic (exact) mass is 329 g/mol. The average Bonchev–Trinajstić information content (AvgIpc) is 3.11. The van der Waals surface area contributed by atoms with Gasteiger partial charge in [-0.15, -0.1) is 0 Å². The van der Waals surface area contributed by atoms with Crippen LogP contribution in [0.25, 0.3) is 0 Å². The molecule has 6 nitrogen and oxygen atoms in total. The van der Waals surface area contributed by atoms with E-state index in [0.29, 0.717) is 25.5 Å². The highest BCUT2D eigenvalue weighted by Gasteiger charge is 2.32. The van der Waals surface area contributed by atoms with Gasteiger partial charge >= 0.3 is 0 Å². The van der Waals surface area contributed by atoms with E-state index in [-0.39, 0.29) is 11.8 Å². The van der Waals surface area contributed by atoms with Crippen molar-refractivity contribution in [3.8, 4) is 0 Å². The Labute approximate surface area is 141 Å². The number of aromatic nitrogens is 2. The Hall–Kier alpha value is -2.08. The fraction of sp³-hybridized carbons (Fsp3) is 0.556. The molecule has 0 unspecified atom stereocenters. The lowest BCUT2D eigenvalue weighted by atomic mass is 9.95. The fourth-order valence-electron chi connectivity index (χ4n) is 3.23. The summed E-state index contributed by atoms with van der Waals surface area (Å²) < 4.78 is 13.1. The number of hydrogen-bond donors (Lipinski definition) is 0. The first-order chi connectivity index (χ1) is 11.7. The van der Waals surface area contributed by atoms with Crippen molar-refractivity contribution in [3.05, 3.63) is 41.6 Å². The van der Waals surface area contributed by atoms with Crippen LogP contribution in [-0.4, -0.2) is 40.3 Å². The maximum atomic E-state index is 12.6. The highest BCUT2D eigenvalue weighted by Crippen LogP contribution is 2.32. The standard InChI is InChI=1S/C18H23N3O3/c1-2-21-9-15-14(12-23-11-13-5-6-13)8-20(10-16(15)19-21)18(22)17-4-3-7-24-17/h3-4,7,9,13-14H,2,5-6,8,10-12H2,1H3/t14-/m0/s1. The third kappa shape index (κ3) is 3.11. The second kappa shape index (κ2) is 6.43. The molecule has 1 fully saturated rings. The minimum Gasteiger partial charge on any atom is -0.459 e. The topological polar surface area (TPSA) is 60.5 Å². The van der Waals surface area contributed by atoms with Crippen LogP contribution in [0.3, 0.4) is 0 Å². The van der Waals surface area contributed by atoms with Crippen molar-refractivity contribution in [1.82, 2.24) is 14.7 Å². The van der Waals surface area contributed by atoms with E-state index in [4.69, 9.17) is 9.15 Å². The molecule has 1 atom stereocenters. The van der Waals surface area contributed by atoms with E-state index < -0.39 is 0 Å². The smallest absolute Gasteiger partial charge is 0.289 e. The van der Waals surface area contributed by atoms with Gasteiger partial charge in [-0.05, 0) is 37.8 Å². The molecule has 0 bridgehead atoms. The lowest BCUT2D eigenvalue weighted by Gasteiger charge is -2.31. The number of fused-ring (bicyclic) bond motifs is 1. The first-order valence-electron chi connectivity index (χ1n) is 8.71. The normalized spacial score (nSPS) is 20.2. The second-order valence-corrected chi connectivity index (χ2v) is 6.73. The summed E-state index contributed by atoms with van der Waals surface area (Å²) >= 11 is 0. The van der Waals surface area contributed by atoms with Gasteiger partial charge in [0.05, 0.1) is 25.1 Å². The zero-order chi connectivity index (χ0) is 16.5. The summed E-state index contributed by atoms with van der Waals surface area (Å²) in [4.78, 5) is 14.5. The van der Waals surface area contributed by atoms with Crippen molar-refractivity contribution in [2.24, 2.45) is 5.92 Å². The number of carbonyl (C=O) groups is 1.